The van der Waals surface area contributed by atoms with E-state index in [0.717, 1.165) is 38.5 Å². The van der Waals surface area contributed by atoms with Gasteiger partial charge < -0.3 is 29.2 Å². The van der Waals surface area contributed by atoms with Crippen LogP contribution in [0.4, 0.5) is 0 Å². The van der Waals surface area contributed by atoms with Crippen molar-refractivity contribution < 1.29 is 48.3 Å². The predicted molar refractivity (Wildman–Crippen MR) is 109 cm³/mol. The maximum Gasteiger partial charge on any atom is 0.313 e. The van der Waals surface area contributed by atoms with Crippen LogP contribution < -0.4 is 0 Å². The number of carbonyl (C=O) groups is 4. The molecule has 0 aromatic heterocycles. The van der Waals surface area contributed by atoms with Crippen molar-refractivity contribution in [3.63, 3.8) is 0 Å². The van der Waals surface area contributed by atoms with Crippen LogP contribution >= 0.6 is 0 Å². The topological polar surface area (TPSA) is 146 Å². The van der Waals surface area contributed by atoms with E-state index in [1.807, 2.05) is 0 Å². The average molecular weight is 446 g/mol. The number of aliphatic hydroxyl groups is 2. The van der Waals surface area contributed by atoms with E-state index in [1.54, 1.807) is 0 Å². The minimum atomic E-state index is -1.31. The Labute approximate surface area is 183 Å². The van der Waals surface area contributed by atoms with Gasteiger partial charge in [0.1, 0.15) is 11.5 Å². The molecule has 2 unspecified atom stereocenters. The van der Waals surface area contributed by atoms with Gasteiger partial charge >= 0.3 is 11.9 Å². The van der Waals surface area contributed by atoms with Crippen LogP contribution in [-0.2, 0) is 38.1 Å². The molecule has 10 nitrogen and oxygen atoms in total. The maximum absolute atomic E-state index is 12.6. The van der Waals surface area contributed by atoms with Gasteiger partial charge in [-0.05, 0) is 12.2 Å². The van der Waals surface area contributed by atoms with Crippen LogP contribution in [0.15, 0.2) is 70.6 Å². The number of ether oxygens (including phenoxy) is 4. The minimum Gasteiger partial charge on any atom is -0.504 e. The summed E-state index contributed by atoms with van der Waals surface area (Å²) in [5.74, 6) is -6.75. The van der Waals surface area contributed by atoms with Crippen LogP contribution in [0, 0.1) is 11.8 Å². The molecule has 0 saturated carbocycles. The van der Waals surface area contributed by atoms with Crippen LogP contribution in [0.25, 0.3) is 0 Å². The van der Waals surface area contributed by atoms with E-state index in [2.05, 4.69) is 0 Å². The lowest BCUT2D eigenvalue weighted by atomic mass is 9.86. The van der Waals surface area contributed by atoms with Crippen molar-refractivity contribution in [1.29, 1.82) is 0 Å². The summed E-state index contributed by atoms with van der Waals surface area (Å²) in [5.41, 5.74) is 0.291. The molecule has 32 heavy (non-hydrogen) atoms. The molecule has 10 heteroatoms. The molecule has 2 aliphatic rings. The molecule has 0 spiro atoms. The summed E-state index contributed by atoms with van der Waals surface area (Å²) >= 11 is 0. The summed E-state index contributed by atoms with van der Waals surface area (Å²) in [6, 6.07) is 0. The third kappa shape index (κ3) is 5.15. The lowest BCUT2D eigenvalue weighted by Gasteiger charge is -2.22. The summed E-state index contributed by atoms with van der Waals surface area (Å²) < 4.78 is 19.9. The third-order valence-electron chi connectivity index (χ3n) is 4.67. The molecule has 170 valence electrons. The summed E-state index contributed by atoms with van der Waals surface area (Å²) in [5, 5.41) is 19.6. The van der Waals surface area contributed by atoms with E-state index in [9.17, 15) is 29.4 Å². The fourth-order valence-corrected chi connectivity index (χ4v) is 3.04. The molecule has 2 rings (SSSR count). The summed E-state index contributed by atoms with van der Waals surface area (Å²) in [7, 11) is 4.81. The van der Waals surface area contributed by atoms with Gasteiger partial charge in [0.2, 0.25) is 11.6 Å². The molecule has 0 radical (unpaired) electrons. The first kappa shape index (κ1) is 24.2. The summed E-state index contributed by atoms with van der Waals surface area (Å²) in [4.78, 5) is 48.7. The number of allylic oxidation sites excluding steroid dienone is 4. The van der Waals surface area contributed by atoms with Crippen molar-refractivity contribution in [2.24, 2.45) is 11.8 Å². The highest BCUT2D eigenvalue weighted by Gasteiger charge is 2.35. The minimum absolute atomic E-state index is 0.0521. The van der Waals surface area contributed by atoms with Crippen molar-refractivity contribution in [3.05, 3.63) is 70.6 Å². The Morgan fingerprint density at radius 2 is 1.06 bits per heavy atom. The molecule has 0 aromatic carbocycles. The van der Waals surface area contributed by atoms with E-state index in [0.29, 0.717) is 0 Å². The van der Waals surface area contributed by atoms with Crippen molar-refractivity contribution in [2.75, 3.05) is 28.4 Å². The van der Waals surface area contributed by atoms with Gasteiger partial charge in [0.25, 0.3) is 0 Å². The highest BCUT2D eigenvalue weighted by Crippen LogP contribution is 2.30. The van der Waals surface area contributed by atoms with Gasteiger partial charge in [0.15, 0.2) is 11.5 Å². The Kier molecular flexibility index (Phi) is 7.78. The fraction of sp³-hybridized carbons (Fsp3) is 0.273. The highest BCUT2D eigenvalue weighted by molar-refractivity contribution is 6.05. The van der Waals surface area contributed by atoms with Gasteiger partial charge in [0.05, 0.1) is 40.3 Å². The first-order valence-electron chi connectivity index (χ1n) is 9.18. The monoisotopic (exact) mass is 446 g/mol. The quantitative estimate of drug-likeness (QED) is 0.552. The predicted octanol–water partition coefficient (Wildman–Crippen LogP) is 1.53. The molecule has 2 atom stereocenters. The molecule has 2 N–H and O–H groups in total. The van der Waals surface area contributed by atoms with Crippen LogP contribution in [0.5, 0.6) is 0 Å². The van der Waals surface area contributed by atoms with Crippen LogP contribution in [0.1, 0.15) is 0 Å². The molecule has 0 amide bonds. The number of hydrogen-bond donors (Lipinski definition) is 2. The van der Waals surface area contributed by atoms with Gasteiger partial charge in [-0.3, -0.25) is 19.2 Å². The van der Waals surface area contributed by atoms with E-state index in [1.165, 1.54) is 26.4 Å². The van der Waals surface area contributed by atoms with Crippen LogP contribution in [0.3, 0.4) is 0 Å². The smallest absolute Gasteiger partial charge is 0.313 e. The van der Waals surface area contributed by atoms with Crippen molar-refractivity contribution >= 4 is 23.5 Å². The SMILES string of the molecule is COC(=O)C(/C=C1/C=C(O)C(=O)C=C1OC)C(/C=C1\C=C(O)C(=O)C=C1OC)C(=O)OC. The molecular weight excluding hydrogens is 424 g/mol. The van der Waals surface area contributed by atoms with Crippen LogP contribution in [-0.4, -0.2) is 62.2 Å². The van der Waals surface area contributed by atoms with Crippen molar-refractivity contribution in [1.82, 2.24) is 0 Å². The first-order valence-corrected chi connectivity index (χ1v) is 9.18. The van der Waals surface area contributed by atoms with Crippen LogP contribution in [0.2, 0.25) is 0 Å². The molecule has 0 heterocycles. The summed E-state index contributed by atoms with van der Waals surface area (Å²) in [6.07, 6.45) is 6.78. The van der Waals surface area contributed by atoms with E-state index in [4.69, 9.17) is 18.9 Å². The van der Waals surface area contributed by atoms with Gasteiger partial charge in [-0.25, -0.2) is 0 Å². The molecule has 0 aromatic rings. The van der Waals surface area contributed by atoms with Crippen molar-refractivity contribution in [3.8, 4) is 0 Å². The third-order valence-corrected chi connectivity index (χ3v) is 4.67. The Balaban J connectivity index is 2.66. The highest BCUT2D eigenvalue weighted by atomic mass is 16.5. The van der Waals surface area contributed by atoms with Gasteiger partial charge in [-0.1, -0.05) is 12.2 Å². The number of esters is 2. The van der Waals surface area contributed by atoms with E-state index in [-0.39, 0.29) is 22.7 Å². The van der Waals surface area contributed by atoms with Gasteiger partial charge in [-0.15, -0.1) is 0 Å². The second-order valence-electron chi connectivity index (χ2n) is 6.55. The molecule has 0 aliphatic heterocycles. The standard InChI is InChI=1S/C22H22O10/c1-29-19-9-17(25)15(23)7-11(19)5-13(21(27)31-3)14(22(28)32-4)6-12-8-16(24)18(26)10-20(12)30-2/h5-10,13-14,23-24H,1-4H3/b11-5-,12-6+. The van der Waals surface area contributed by atoms with Crippen molar-refractivity contribution in [2.45, 2.75) is 0 Å². The zero-order chi connectivity index (χ0) is 24.0. The number of hydrogen-bond acceptors (Lipinski definition) is 10. The van der Waals surface area contributed by atoms with E-state index < -0.39 is 46.9 Å². The second-order valence-corrected chi connectivity index (χ2v) is 6.55. The Morgan fingerprint density at radius 1 is 0.719 bits per heavy atom. The van der Waals surface area contributed by atoms with Gasteiger partial charge in [0, 0.05) is 23.3 Å². The Bertz CT molecular complexity index is 937. The first-order chi connectivity index (χ1) is 15.2. The van der Waals surface area contributed by atoms with Gasteiger partial charge in [-0.2, -0.15) is 0 Å². The average Bonchev–Trinajstić information content (AvgIpc) is 2.78. The molecule has 0 fully saturated rings. The number of carbonyl (C=O) groups excluding carboxylic acids is 4. The largest absolute Gasteiger partial charge is 0.504 e. The summed E-state index contributed by atoms with van der Waals surface area (Å²) in [6.45, 7) is 0. The van der Waals surface area contributed by atoms with E-state index >= 15 is 0 Å². The second kappa shape index (κ2) is 10.3. The number of ketones is 2. The Hall–Kier alpha value is -4.08. The number of aliphatic hydroxyl groups excluding tert-OH is 2. The number of methoxy groups -OCH3 is 4. The zero-order valence-corrected chi connectivity index (χ0v) is 17.8. The number of rotatable bonds is 7. The zero-order valence-electron chi connectivity index (χ0n) is 17.8. The lowest BCUT2D eigenvalue weighted by molar-refractivity contribution is -0.153. The fourth-order valence-electron chi connectivity index (χ4n) is 3.04. The molecule has 0 saturated heterocycles. The maximum atomic E-state index is 12.6. The molecule has 2 aliphatic carbocycles. The molecule has 0 bridgehead atoms. The lowest BCUT2D eigenvalue weighted by Crippen LogP contribution is -2.30. The molecular formula is C22H22O10. The normalized spacial score (nSPS) is 20.5. The Morgan fingerprint density at radius 3 is 1.34 bits per heavy atom.